The van der Waals surface area contributed by atoms with E-state index >= 15 is 0 Å². The Labute approximate surface area is 144 Å². The summed E-state index contributed by atoms with van der Waals surface area (Å²) in [6.45, 7) is 1.71. The zero-order valence-corrected chi connectivity index (χ0v) is 13.6. The number of hydrogen-bond acceptors (Lipinski definition) is 5. The first kappa shape index (κ1) is 15.6. The van der Waals surface area contributed by atoms with Gasteiger partial charge in [-0.25, -0.2) is 14.4 Å². The molecule has 0 amide bonds. The van der Waals surface area contributed by atoms with Gasteiger partial charge in [0.1, 0.15) is 17.4 Å². The number of nitrogens with zero attached hydrogens (tertiary/aromatic N) is 4. The quantitative estimate of drug-likeness (QED) is 0.788. The van der Waals surface area contributed by atoms with Crippen molar-refractivity contribution in [3.05, 3.63) is 60.6 Å². The smallest absolute Gasteiger partial charge is 0.228 e. The van der Waals surface area contributed by atoms with Crippen LogP contribution in [0.4, 0.5) is 10.3 Å². The molecule has 1 aliphatic rings. The molecule has 1 atom stereocenters. The lowest BCUT2D eigenvalue weighted by Gasteiger charge is -2.31. The molecule has 0 unspecified atom stereocenters. The van der Waals surface area contributed by atoms with Gasteiger partial charge in [0.15, 0.2) is 0 Å². The van der Waals surface area contributed by atoms with Crippen molar-refractivity contribution in [1.82, 2.24) is 19.9 Å². The second-order valence-electron chi connectivity index (χ2n) is 6.01. The van der Waals surface area contributed by atoms with E-state index in [4.69, 9.17) is 4.74 Å². The molecule has 3 aromatic rings. The number of benzene rings is 1. The van der Waals surface area contributed by atoms with Crippen molar-refractivity contribution in [2.75, 3.05) is 18.0 Å². The summed E-state index contributed by atoms with van der Waals surface area (Å²) in [5, 5.41) is 0. The Balaban J connectivity index is 1.49. The minimum Gasteiger partial charge on any atom is -0.439 e. The molecule has 0 bridgehead atoms. The second kappa shape index (κ2) is 6.88. The van der Waals surface area contributed by atoms with Crippen LogP contribution in [0.2, 0.25) is 0 Å². The first-order chi connectivity index (χ1) is 12.3. The summed E-state index contributed by atoms with van der Waals surface area (Å²) in [6.07, 6.45) is 7.45. The first-order valence-electron chi connectivity index (χ1n) is 8.28. The number of H-pyrrole nitrogens is 1. The maximum absolute atomic E-state index is 13.0. The fraction of sp³-hybridized carbons (Fsp3) is 0.278. The number of aromatic nitrogens is 4. The molecule has 1 saturated heterocycles. The van der Waals surface area contributed by atoms with Crippen LogP contribution in [0.3, 0.4) is 0 Å². The molecule has 1 N–H and O–H groups in total. The van der Waals surface area contributed by atoms with Crippen molar-refractivity contribution in [3.8, 4) is 11.6 Å². The molecule has 0 radical (unpaired) electrons. The summed E-state index contributed by atoms with van der Waals surface area (Å²) in [6, 6.07) is 7.56. The molecule has 1 aromatic carbocycles. The van der Waals surface area contributed by atoms with E-state index in [1.54, 1.807) is 30.6 Å². The number of ether oxygens (including phenoxy) is 1. The van der Waals surface area contributed by atoms with Gasteiger partial charge in [-0.2, -0.15) is 4.98 Å². The molecule has 6 nitrogen and oxygen atoms in total. The Bertz CT molecular complexity index is 822. The molecule has 2 aromatic heterocycles. The Morgan fingerprint density at radius 3 is 2.80 bits per heavy atom. The highest BCUT2D eigenvalue weighted by Crippen LogP contribution is 2.28. The van der Waals surface area contributed by atoms with E-state index in [1.807, 2.05) is 6.20 Å². The molecule has 3 heterocycles. The lowest BCUT2D eigenvalue weighted by Crippen LogP contribution is -2.35. The summed E-state index contributed by atoms with van der Waals surface area (Å²) in [4.78, 5) is 18.6. The number of hydrogen-bond donors (Lipinski definition) is 1. The lowest BCUT2D eigenvalue weighted by atomic mass is 9.98. The summed E-state index contributed by atoms with van der Waals surface area (Å²) < 4.78 is 18.7. The van der Waals surface area contributed by atoms with Crippen LogP contribution in [0, 0.1) is 5.82 Å². The number of rotatable bonds is 4. The SMILES string of the molecule is Fc1ccc(Oc2ccnc(N3CCC[C@H](c4ncc[nH]4)C3)n2)cc1. The number of imidazole rings is 1. The monoisotopic (exact) mass is 339 g/mol. The Kier molecular flexibility index (Phi) is 4.28. The number of aromatic amines is 1. The topological polar surface area (TPSA) is 66.9 Å². The van der Waals surface area contributed by atoms with Crippen LogP contribution in [0.1, 0.15) is 24.6 Å². The van der Waals surface area contributed by atoms with Gasteiger partial charge in [-0.05, 0) is 37.1 Å². The zero-order valence-electron chi connectivity index (χ0n) is 13.6. The maximum atomic E-state index is 13.0. The van der Waals surface area contributed by atoms with Gasteiger partial charge in [0, 0.05) is 43.7 Å². The van der Waals surface area contributed by atoms with E-state index in [0.29, 0.717) is 23.5 Å². The van der Waals surface area contributed by atoms with E-state index in [1.165, 1.54) is 12.1 Å². The third kappa shape index (κ3) is 3.60. The van der Waals surface area contributed by atoms with Crippen molar-refractivity contribution in [2.45, 2.75) is 18.8 Å². The molecule has 25 heavy (non-hydrogen) atoms. The van der Waals surface area contributed by atoms with E-state index in [0.717, 1.165) is 31.8 Å². The van der Waals surface area contributed by atoms with Gasteiger partial charge in [-0.1, -0.05) is 0 Å². The molecule has 1 aliphatic heterocycles. The number of nitrogens with one attached hydrogen (secondary N) is 1. The summed E-state index contributed by atoms with van der Waals surface area (Å²) in [5.41, 5.74) is 0. The van der Waals surface area contributed by atoms with Crippen LogP contribution in [0.25, 0.3) is 0 Å². The number of halogens is 1. The predicted molar refractivity (Wildman–Crippen MR) is 91.3 cm³/mol. The third-order valence-corrected chi connectivity index (χ3v) is 4.26. The lowest BCUT2D eigenvalue weighted by molar-refractivity contribution is 0.453. The van der Waals surface area contributed by atoms with Gasteiger partial charge >= 0.3 is 0 Å². The first-order valence-corrected chi connectivity index (χ1v) is 8.28. The van der Waals surface area contributed by atoms with Gasteiger partial charge in [0.2, 0.25) is 11.8 Å². The predicted octanol–water partition coefficient (Wildman–Crippen LogP) is 3.52. The molecule has 7 heteroatoms. The summed E-state index contributed by atoms with van der Waals surface area (Å²) >= 11 is 0. The van der Waals surface area contributed by atoms with Gasteiger partial charge < -0.3 is 14.6 Å². The molecule has 4 rings (SSSR count). The number of anilines is 1. The van der Waals surface area contributed by atoms with Crippen LogP contribution in [-0.4, -0.2) is 33.0 Å². The highest BCUT2D eigenvalue weighted by Gasteiger charge is 2.24. The normalized spacial score (nSPS) is 17.5. The Hall–Kier alpha value is -2.96. The highest BCUT2D eigenvalue weighted by atomic mass is 19.1. The van der Waals surface area contributed by atoms with Crippen molar-refractivity contribution in [3.63, 3.8) is 0 Å². The summed E-state index contributed by atoms with van der Waals surface area (Å²) in [5.74, 6) is 2.66. The van der Waals surface area contributed by atoms with E-state index < -0.39 is 0 Å². The van der Waals surface area contributed by atoms with Gasteiger partial charge in [-0.15, -0.1) is 0 Å². The highest BCUT2D eigenvalue weighted by molar-refractivity contribution is 5.35. The van der Waals surface area contributed by atoms with E-state index in [9.17, 15) is 4.39 Å². The van der Waals surface area contributed by atoms with Crippen LogP contribution in [-0.2, 0) is 0 Å². The minimum atomic E-state index is -0.298. The number of piperidine rings is 1. The Morgan fingerprint density at radius 2 is 2.00 bits per heavy atom. The van der Waals surface area contributed by atoms with Gasteiger partial charge in [0.25, 0.3) is 0 Å². The minimum absolute atomic E-state index is 0.298. The van der Waals surface area contributed by atoms with Gasteiger partial charge in [-0.3, -0.25) is 0 Å². The van der Waals surface area contributed by atoms with Crippen molar-refractivity contribution in [2.24, 2.45) is 0 Å². The van der Waals surface area contributed by atoms with Crippen LogP contribution >= 0.6 is 0 Å². The van der Waals surface area contributed by atoms with Crippen molar-refractivity contribution in [1.29, 1.82) is 0 Å². The van der Waals surface area contributed by atoms with Crippen LogP contribution < -0.4 is 9.64 Å². The largest absolute Gasteiger partial charge is 0.439 e. The molecule has 0 aliphatic carbocycles. The molecule has 1 fully saturated rings. The third-order valence-electron chi connectivity index (χ3n) is 4.26. The standard InChI is InChI=1S/C18H18FN5O/c19-14-3-5-15(6-4-14)25-16-7-8-22-18(23-16)24-11-1-2-13(12-24)17-20-9-10-21-17/h3-10,13H,1-2,11-12H2,(H,20,21)/t13-/m0/s1. The second-order valence-corrected chi connectivity index (χ2v) is 6.01. The average Bonchev–Trinajstić information content (AvgIpc) is 3.19. The fourth-order valence-corrected chi connectivity index (χ4v) is 3.05. The molecular weight excluding hydrogens is 321 g/mol. The molecular formula is C18H18FN5O. The van der Waals surface area contributed by atoms with E-state index in [-0.39, 0.29) is 5.82 Å². The molecule has 0 saturated carbocycles. The summed E-state index contributed by atoms with van der Waals surface area (Å²) in [7, 11) is 0. The van der Waals surface area contributed by atoms with Crippen molar-refractivity contribution < 1.29 is 9.13 Å². The van der Waals surface area contributed by atoms with Crippen LogP contribution in [0.15, 0.2) is 48.9 Å². The average molecular weight is 339 g/mol. The van der Waals surface area contributed by atoms with Gasteiger partial charge in [0.05, 0.1) is 0 Å². The van der Waals surface area contributed by atoms with E-state index in [2.05, 4.69) is 24.8 Å². The molecule has 128 valence electrons. The zero-order chi connectivity index (χ0) is 17.1. The Morgan fingerprint density at radius 1 is 1.12 bits per heavy atom. The van der Waals surface area contributed by atoms with Crippen molar-refractivity contribution >= 4 is 5.95 Å². The molecule has 0 spiro atoms. The maximum Gasteiger partial charge on any atom is 0.228 e. The van der Waals surface area contributed by atoms with Crippen LogP contribution in [0.5, 0.6) is 11.6 Å². The fourth-order valence-electron chi connectivity index (χ4n) is 3.05.